The molecule has 0 saturated carbocycles. The molecule has 1 aliphatic heterocycles. The highest BCUT2D eigenvalue weighted by Crippen LogP contribution is 2.31. The molecule has 2 aromatic carbocycles. The van der Waals surface area contributed by atoms with Gasteiger partial charge in [-0.15, -0.1) is 0 Å². The molecule has 0 radical (unpaired) electrons. The van der Waals surface area contributed by atoms with Crippen molar-refractivity contribution in [2.75, 3.05) is 43.6 Å². The third kappa shape index (κ3) is 3.95. The van der Waals surface area contributed by atoms with E-state index in [0.29, 0.717) is 0 Å². The van der Waals surface area contributed by atoms with Gasteiger partial charge in [0.05, 0.1) is 23.4 Å². The summed E-state index contributed by atoms with van der Waals surface area (Å²) in [5.74, 6) is -0.194. The smallest absolute Gasteiger partial charge is 0.258 e. The highest BCUT2D eigenvalue weighted by molar-refractivity contribution is 7.22. The van der Waals surface area contributed by atoms with Crippen molar-refractivity contribution >= 4 is 38.3 Å². The van der Waals surface area contributed by atoms with Crippen LogP contribution in [0.5, 0.6) is 0 Å². The Morgan fingerprint density at radius 1 is 1.22 bits per heavy atom. The lowest BCUT2D eigenvalue weighted by molar-refractivity contribution is -0.126. The van der Waals surface area contributed by atoms with Crippen molar-refractivity contribution in [3.8, 4) is 0 Å². The number of carbonyl (C=O) groups excluding carboxylic acids is 1. The standard InChI is InChI=1S/C20H21N3O3S/c1-25-18(14-5-3-2-4-6-14)19(24)21-15-7-8-16-17(13-15)27-20(22-16)23-9-11-26-12-10-23/h2-8,13,18H,9-12H2,1H3,(H,21,24)/t18-/m1/s1. The van der Waals surface area contributed by atoms with Gasteiger partial charge in [0.2, 0.25) is 0 Å². The first kappa shape index (κ1) is 17.9. The van der Waals surface area contributed by atoms with E-state index < -0.39 is 6.10 Å². The lowest BCUT2D eigenvalue weighted by Crippen LogP contribution is -2.36. The number of anilines is 2. The molecule has 1 amide bonds. The summed E-state index contributed by atoms with van der Waals surface area (Å²) in [7, 11) is 1.54. The lowest BCUT2D eigenvalue weighted by atomic mass is 10.1. The number of aromatic nitrogens is 1. The number of hydrogen-bond acceptors (Lipinski definition) is 6. The van der Waals surface area contributed by atoms with Gasteiger partial charge in [0.15, 0.2) is 11.2 Å². The fourth-order valence-corrected chi connectivity index (χ4v) is 4.17. The van der Waals surface area contributed by atoms with Crippen molar-refractivity contribution < 1.29 is 14.3 Å². The Morgan fingerprint density at radius 3 is 2.74 bits per heavy atom. The van der Waals surface area contributed by atoms with Gasteiger partial charge in [0, 0.05) is 25.9 Å². The van der Waals surface area contributed by atoms with Crippen molar-refractivity contribution in [2.24, 2.45) is 0 Å². The highest BCUT2D eigenvalue weighted by Gasteiger charge is 2.20. The zero-order valence-corrected chi connectivity index (χ0v) is 15.9. The van der Waals surface area contributed by atoms with Gasteiger partial charge in [-0.1, -0.05) is 41.7 Å². The number of rotatable bonds is 5. The summed E-state index contributed by atoms with van der Waals surface area (Å²) in [5, 5.41) is 3.95. The van der Waals surface area contributed by atoms with Gasteiger partial charge < -0.3 is 19.7 Å². The summed E-state index contributed by atoms with van der Waals surface area (Å²) in [6, 6.07) is 15.3. The van der Waals surface area contributed by atoms with Crippen LogP contribution in [0.25, 0.3) is 10.2 Å². The van der Waals surface area contributed by atoms with Crippen LogP contribution in [0.15, 0.2) is 48.5 Å². The monoisotopic (exact) mass is 383 g/mol. The van der Waals surface area contributed by atoms with Crippen LogP contribution in [0.4, 0.5) is 10.8 Å². The Morgan fingerprint density at radius 2 is 2.00 bits per heavy atom. The summed E-state index contributed by atoms with van der Waals surface area (Å²) < 4.78 is 11.8. The Balaban J connectivity index is 1.52. The molecule has 7 heteroatoms. The number of morpholine rings is 1. The number of carbonyl (C=O) groups is 1. The molecule has 1 N–H and O–H groups in total. The average Bonchev–Trinajstić information content (AvgIpc) is 3.13. The quantitative estimate of drug-likeness (QED) is 0.731. The van der Waals surface area contributed by atoms with Gasteiger partial charge in [0.1, 0.15) is 0 Å². The SMILES string of the molecule is CO[C@@H](C(=O)Nc1ccc2nc(N3CCOCC3)sc2c1)c1ccccc1. The first-order valence-corrected chi connectivity index (χ1v) is 9.68. The van der Waals surface area contributed by atoms with Gasteiger partial charge >= 0.3 is 0 Å². The Bertz CT molecular complexity index is 923. The summed E-state index contributed by atoms with van der Waals surface area (Å²) >= 11 is 1.63. The van der Waals surface area contributed by atoms with E-state index in [-0.39, 0.29) is 5.91 Å². The molecule has 1 atom stereocenters. The molecule has 1 fully saturated rings. The number of methoxy groups -OCH3 is 1. The summed E-state index contributed by atoms with van der Waals surface area (Å²) in [6.45, 7) is 3.18. The number of nitrogens with one attached hydrogen (secondary N) is 1. The summed E-state index contributed by atoms with van der Waals surface area (Å²) in [5.41, 5.74) is 2.50. The second-order valence-corrected chi connectivity index (χ2v) is 7.30. The van der Waals surface area contributed by atoms with Gasteiger partial charge in [-0.25, -0.2) is 4.98 Å². The number of thiazole rings is 1. The van der Waals surface area contributed by atoms with E-state index >= 15 is 0 Å². The predicted molar refractivity (Wildman–Crippen MR) is 107 cm³/mol. The minimum absolute atomic E-state index is 0.194. The minimum Gasteiger partial charge on any atom is -0.378 e. The number of nitrogens with zero attached hydrogens (tertiary/aromatic N) is 2. The van der Waals surface area contributed by atoms with Crippen LogP contribution in [0.3, 0.4) is 0 Å². The molecule has 0 aliphatic carbocycles. The van der Waals surface area contributed by atoms with Crippen LogP contribution >= 0.6 is 11.3 Å². The molecule has 3 aromatic rings. The Labute approximate surface area is 161 Å². The van der Waals surface area contributed by atoms with Gasteiger partial charge in [-0.3, -0.25) is 4.79 Å². The topological polar surface area (TPSA) is 63.7 Å². The molecule has 1 aromatic heterocycles. The summed E-state index contributed by atoms with van der Waals surface area (Å²) in [6.07, 6.45) is -0.646. The maximum absolute atomic E-state index is 12.7. The lowest BCUT2D eigenvalue weighted by Gasteiger charge is -2.25. The zero-order valence-electron chi connectivity index (χ0n) is 15.1. The molecule has 4 rings (SSSR count). The van der Waals surface area contributed by atoms with E-state index in [1.165, 1.54) is 7.11 Å². The van der Waals surface area contributed by atoms with Crippen molar-refractivity contribution in [1.29, 1.82) is 0 Å². The molecule has 140 valence electrons. The zero-order chi connectivity index (χ0) is 18.6. The second kappa shape index (κ2) is 8.04. The van der Waals surface area contributed by atoms with E-state index in [1.807, 2.05) is 48.5 Å². The normalized spacial score (nSPS) is 15.7. The molecule has 1 aliphatic rings. The van der Waals surface area contributed by atoms with Crippen molar-refractivity contribution in [3.05, 3.63) is 54.1 Å². The largest absolute Gasteiger partial charge is 0.378 e. The maximum atomic E-state index is 12.7. The van der Waals surface area contributed by atoms with Crippen molar-refractivity contribution in [3.63, 3.8) is 0 Å². The number of benzene rings is 2. The number of ether oxygens (including phenoxy) is 2. The Kier molecular flexibility index (Phi) is 5.33. The molecule has 27 heavy (non-hydrogen) atoms. The maximum Gasteiger partial charge on any atom is 0.258 e. The van der Waals surface area contributed by atoms with Gasteiger partial charge in [-0.2, -0.15) is 0 Å². The van der Waals surface area contributed by atoms with E-state index in [1.54, 1.807) is 11.3 Å². The van der Waals surface area contributed by atoms with Crippen LogP contribution < -0.4 is 10.2 Å². The third-order valence-corrected chi connectivity index (χ3v) is 5.58. The third-order valence-electron chi connectivity index (χ3n) is 4.50. The Hall–Kier alpha value is -2.48. The van der Waals surface area contributed by atoms with Crippen LogP contribution in [-0.4, -0.2) is 44.3 Å². The number of hydrogen-bond donors (Lipinski definition) is 1. The minimum atomic E-state index is -0.646. The van der Waals surface area contributed by atoms with Gasteiger partial charge in [0.25, 0.3) is 5.91 Å². The second-order valence-electron chi connectivity index (χ2n) is 6.29. The van der Waals surface area contributed by atoms with Crippen LogP contribution in [0, 0.1) is 0 Å². The molecule has 0 unspecified atom stereocenters. The van der Waals surface area contributed by atoms with Crippen LogP contribution in [0.2, 0.25) is 0 Å². The first-order valence-electron chi connectivity index (χ1n) is 8.86. The van der Waals surface area contributed by atoms with Crippen molar-refractivity contribution in [1.82, 2.24) is 4.98 Å². The van der Waals surface area contributed by atoms with Crippen molar-refractivity contribution in [2.45, 2.75) is 6.10 Å². The van der Waals surface area contributed by atoms with Crippen LogP contribution in [-0.2, 0) is 14.3 Å². The number of amides is 1. The fraction of sp³-hybridized carbons (Fsp3) is 0.300. The predicted octanol–water partition coefficient (Wildman–Crippen LogP) is 3.46. The fourth-order valence-electron chi connectivity index (χ4n) is 3.11. The van der Waals surface area contributed by atoms with Crippen LogP contribution in [0.1, 0.15) is 11.7 Å². The van der Waals surface area contributed by atoms with Gasteiger partial charge in [-0.05, 0) is 23.8 Å². The average molecular weight is 383 g/mol. The molecule has 6 nitrogen and oxygen atoms in total. The molecular formula is C20H21N3O3S. The van der Waals surface area contributed by atoms with E-state index in [0.717, 1.165) is 52.9 Å². The summed E-state index contributed by atoms with van der Waals surface area (Å²) in [4.78, 5) is 19.6. The highest BCUT2D eigenvalue weighted by atomic mass is 32.1. The molecular weight excluding hydrogens is 362 g/mol. The van der Waals surface area contributed by atoms with E-state index in [2.05, 4.69) is 10.2 Å². The van der Waals surface area contributed by atoms with E-state index in [9.17, 15) is 4.79 Å². The molecule has 1 saturated heterocycles. The molecule has 2 heterocycles. The molecule has 0 bridgehead atoms. The first-order chi connectivity index (χ1) is 13.2. The molecule has 0 spiro atoms. The number of fused-ring (bicyclic) bond motifs is 1. The van der Waals surface area contributed by atoms with E-state index in [4.69, 9.17) is 14.5 Å².